The lowest BCUT2D eigenvalue weighted by Crippen LogP contribution is -2.19. The Labute approximate surface area is 137 Å². The quantitative estimate of drug-likeness (QED) is 0.456. The van der Waals surface area contributed by atoms with Crippen molar-refractivity contribution in [2.75, 3.05) is 33.9 Å². The Morgan fingerprint density at radius 2 is 1.82 bits per heavy atom. The fourth-order valence-electron chi connectivity index (χ4n) is 2.88. The van der Waals surface area contributed by atoms with E-state index in [1.807, 2.05) is 0 Å². The van der Waals surface area contributed by atoms with Gasteiger partial charge in [0.2, 0.25) is 0 Å². The summed E-state index contributed by atoms with van der Waals surface area (Å²) >= 11 is 0. The zero-order chi connectivity index (χ0) is 16.6. The molecule has 0 aliphatic heterocycles. The van der Waals surface area contributed by atoms with Gasteiger partial charge in [-0.1, -0.05) is 12.8 Å². The molecule has 0 heterocycles. The Morgan fingerprint density at radius 1 is 1.05 bits per heavy atom. The Balaban J connectivity index is 4.34. The zero-order valence-electron chi connectivity index (χ0n) is 14.5. The van der Waals surface area contributed by atoms with Crippen molar-refractivity contribution < 1.29 is 10.2 Å². The van der Waals surface area contributed by atoms with Crippen LogP contribution in [0.3, 0.4) is 0 Å². The smallest absolute Gasteiger partial charge is 0.0621 e. The first-order valence-electron chi connectivity index (χ1n) is 8.70. The summed E-state index contributed by atoms with van der Waals surface area (Å²) in [6.45, 7) is 1.55. The second-order valence-electron chi connectivity index (χ2n) is 6.47. The number of unbranched alkanes of at least 4 members (excludes halogenated alkanes) is 2. The monoisotopic (exact) mass is 311 g/mol. The fourth-order valence-corrected chi connectivity index (χ4v) is 2.88. The van der Waals surface area contributed by atoms with E-state index in [1.54, 1.807) is 0 Å². The van der Waals surface area contributed by atoms with E-state index in [0.717, 1.165) is 45.1 Å². The maximum absolute atomic E-state index is 9.05. The molecule has 22 heavy (non-hydrogen) atoms. The van der Waals surface area contributed by atoms with Crippen LogP contribution in [0.2, 0.25) is 0 Å². The third-order valence-electron chi connectivity index (χ3n) is 4.13. The normalized spacial score (nSPS) is 12.8. The van der Waals surface area contributed by atoms with Gasteiger partial charge in [0.25, 0.3) is 0 Å². The van der Waals surface area contributed by atoms with Crippen molar-refractivity contribution in [3.05, 3.63) is 6.42 Å². The van der Waals surface area contributed by atoms with Crippen molar-refractivity contribution in [1.82, 2.24) is 4.90 Å². The molecule has 4 heteroatoms. The highest BCUT2D eigenvalue weighted by Crippen LogP contribution is 2.27. The van der Waals surface area contributed by atoms with Gasteiger partial charge in [0.1, 0.15) is 0 Å². The maximum atomic E-state index is 9.05. The van der Waals surface area contributed by atoms with Crippen molar-refractivity contribution in [1.29, 1.82) is 5.26 Å². The third-order valence-corrected chi connectivity index (χ3v) is 4.13. The van der Waals surface area contributed by atoms with E-state index in [-0.39, 0.29) is 13.2 Å². The van der Waals surface area contributed by atoms with Crippen LogP contribution in [0.15, 0.2) is 0 Å². The molecule has 2 unspecified atom stereocenters. The van der Waals surface area contributed by atoms with Gasteiger partial charge < -0.3 is 15.1 Å². The summed E-state index contributed by atoms with van der Waals surface area (Å²) in [4.78, 5) is 2.22. The lowest BCUT2D eigenvalue weighted by Gasteiger charge is -2.24. The summed E-state index contributed by atoms with van der Waals surface area (Å²) < 4.78 is 0. The second-order valence-corrected chi connectivity index (χ2v) is 6.47. The average molecular weight is 311 g/mol. The molecule has 0 fully saturated rings. The van der Waals surface area contributed by atoms with Gasteiger partial charge in [0, 0.05) is 19.6 Å². The molecule has 2 N–H and O–H groups in total. The van der Waals surface area contributed by atoms with E-state index >= 15 is 0 Å². The molecule has 0 rings (SSSR count). The van der Waals surface area contributed by atoms with Crippen LogP contribution in [0.25, 0.3) is 0 Å². The summed E-state index contributed by atoms with van der Waals surface area (Å²) in [5, 5.41) is 26.7. The number of aliphatic hydroxyl groups excluding tert-OH is 2. The summed E-state index contributed by atoms with van der Waals surface area (Å²) in [6.07, 6.45) is 11.1. The second kappa shape index (κ2) is 15.3. The van der Waals surface area contributed by atoms with Gasteiger partial charge in [0.05, 0.1) is 6.07 Å². The SMILES string of the molecule is CN(C)CCC(CCCCC#N)CC([CH]CCO)CCCO. The van der Waals surface area contributed by atoms with Crippen molar-refractivity contribution in [3.8, 4) is 6.07 Å². The summed E-state index contributed by atoms with van der Waals surface area (Å²) in [5.41, 5.74) is 0. The lowest BCUT2D eigenvalue weighted by atomic mass is 9.83. The van der Waals surface area contributed by atoms with E-state index in [1.165, 1.54) is 12.8 Å². The number of hydrogen-bond donors (Lipinski definition) is 2. The van der Waals surface area contributed by atoms with Gasteiger partial charge >= 0.3 is 0 Å². The standard InChI is InChI=1S/C18H35N2O2/c1-20(2)13-11-18(8-4-3-5-12-19)16-17(9-6-14-21)10-7-15-22/h9,17-18,21-22H,3-8,10-11,13-16H2,1-2H3. The van der Waals surface area contributed by atoms with Crippen LogP contribution in [0, 0.1) is 29.6 Å². The molecule has 0 saturated heterocycles. The van der Waals surface area contributed by atoms with Gasteiger partial charge in [0.15, 0.2) is 0 Å². The molecule has 129 valence electrons. The topological polar surface area (TPSA) is 67.5 Å². The van der Waals surface area contributed by atoms with Gasteiger partial charge in [-0.2, -0.15) is 5.26 Å². The maximum Gasteiger partial charge on any atom is 0.0621 e. The Hall–Kier alpha value is -0.630. The van der Waals surface area contributed by atoms with Gasteiger partial charge in [-0.25, -0.2) is 0 Å². The minimum atomic E-state index is 0.208. The van der Waals surface area contributed by atoms with Crippen LogP contribution in [-0.2, 0) is 0 Å². The minimum absolute atomic E-state index is 0.208. The largest absolute Gasteiger partial charge is 0.396 e. The lowest BCUT2D eigenvalue weighted by molar-refractivity contribution is 0.246. The van der Waals surface area contributed by atoms with Crippen LogP contribution in [0.5, 0.6) is 0 Å². The number of nitrogens with zero attached hydrogens (tertiary/aromatic N) is 2. The van der Waals surface area contributed by atoms with Crippen molar-refractivity contribution in [2.45, 2.75) is 57.8 Å². The molecule has 0 aromatic heterocycles. The van der Waals surface area contributed by atoms with Gasteiger partial charge in [-0.05, 0) is 77.4 Å². The minimum Gasteiger partial charge on any atom is -0.396 e. The van der Waals surface area contributed by atoms with Crippen molar-refractivity contribution in [2.24, 2.45) is 11.8 Å². The Morgan fingerprint density at radius 3 is 2.41 bits per heavy atom. The molecule has 4 nitrogen and oxygen atoms in total. The molecule has 2 atom stereocenters. The molecule has 1 radical (unpaired) electrons. The van der Waals surface area contributed by atoms with Gasteiger partial charge in [-0.15, -0.1) is 0 Å². The summed E-state index contributed by atoms with van der Waals surface area (Å²) in [6, 6.07) is 2.22. The molecular weight excluding hydrogens is 276 g/mol. The van der Waals surface area contributed by atoms with E-state index in [2.05, 4.69) is 31.5 Å². The summed E-state index contributed by atoms with van der Waals surface area (Å²) in [5.74, 6) is 1.15. The van der Waals surface area contributed by atoms with Crippen LogP contribution < -0.4 is 0 Å². The van der Waals surface area contributed by atoms with Crippen molar-refractivity contribution in [3.63, 3.8) is 0 Å². The molecule has 0 aliphatic carbocycles. The third kappa shape index (κ3) is 13.1. The predicted molar refractivity (Wildman–Crippen MR) is 91.2 cm³/mol. The van der Waals surface area contributed by atoms with Crippen LogP contribution in [-0.4, -0.2) is 49.0 Å². The molecular formula is C18H35N2O2. The highest BCUT2D eigenvalue weighted by Gasteiger charge is 2.16. The van der Waals surface area contributed by atoms with Crippen LogP contribution >= 0.6 is 0 Å². The van der Waals surface area contributed by atoms with Gasteiger partial charge in [-0.3, -0.25) is 0 Å². The first-order chi connectivity index (χ1) is 10.6. The highest BCUT2D eigenvalue weighted by molar-refractivity contribution is 4.80. The molecule has 0 saturated carbocycles. The van der Waals surface area contributed by atoms with E-state index < -0.39 is 0 Å². The Bertz CT molecular complexity index is 269. The number of rotatable bonds is 15. The number of nitriles is 1. The first kappa shape index (κ1) is 21.4. The predicted octanol–water partition coefficient (Wildman–Crippen LogP) is 3.00. The fraction of sp³-hybridized carbons (Fsp3) is 0.889. The summed E-state index contributed by atoms with van der Waals surface area (Å²) in [7, 11) is 4.21. The number of hydrogen-bond acceptors (Lipinski definition) is 4. The Kier molecular flexibility index (Phi) is 14.8. The van der Waals surface area contributed by atoms with E-state index in [9.17, 15) is 0 Å². The molecule has 0 aromatic carbocycles. The molecule has 0 aliphatic rings. The van der Waals surface area contributed by atoms with Crippen molar-refractivity contribution >= 4 is 0 Å². The highest BCUT2D eigenvalue weighted by atomic mass is 16.3. The molecule has 0 spiro atoms. The molecule has 0 aromatic rings. The van der Waals surface area contributed by atoms with E-state index in [0.29, 0.717) is 18.3 Å². The van der Waals surface area contributed by atoms with Crippen LogP contribution in [0.4, 0.5) is 0 Å². The zero-order valence-corrected chi connectivity index (χ0v) is 14.5. The molecule has 0 amide bonds. The number of aliphatic hydroxyl groups is 2. The molecule has 0 bridgehead atoms. The van der Waals surface area contributed by atoms with E-state index in [4.69, 9.17) is 15.5 Å². The average Bonchev–Trinajstić information content (AvgIpc) is 2.50. The van der Waals surface area contributed by atoms with Crippen LogP contribution in [0.1, 0.15) is 57.8 Å². The first-order valence-corrected chi connectivity index (χ1v) is 8.70.